The first kappa shape index (κ1) is 112. The molecule has 0 spiro atoms. The smallest absolute Gasteiger partial charge is 0.305 e. The van der Waals surface area contributed by atoms with Crippen molar-refractivity contribution < 1.29 is 96.8 Å². The Hall–Kier alpha value is -15.5. The van der Waals surface area contributed by atoms with Gasteiger partial charge < -0.3 is 132 Å². The molecule has 0 unspecified atom stereocenters. The lowest BCUT2D eigenvalue weighted by molar-refractivity contribution is -0.142. The Bertz CT molecular complexity index is 5540. The summed E-state index contributed by atoms with van der Waals surface area (Å²) in [6, 6.07) is 13.5. The van der Waals surface area contributed by atoms with E-state index >= 15 is 43.2 Å². The summed E-state index contributed by atoms with van der Waals surface area (Å²) in [6.45, 7) is 9.01. The van der Waals surface area contributed by atoms with Crippen LogP contribution in [-0.2, 0) is 114 Å². The Kier molecular flexibility index (Phi) is 43.6. The number of para-hydroxylation sites is 1. The van der Waals surface area contributed by atoms with Crippen LogP contribution in [0.25, 0.3) is 22.0 Å². The number of fused-ring (bicyclic) bond motifs is 1. The Morgan fingerprint density at radius 3 is 1.44 bits per heavy atom. The van der Waals surface area contributed by atoms with Crippen LogP contribution >= 0.6 is 11.8 Å². The molecule has 2 aromatic heterocycles. The van der Waals surface area contributed by atoms with E-state index in [1.54, 1.807) is 113 Å². The summed E-state index contributed by atoms with van der Waals surface area (Å²) in [5.41, 5.74) is 20.8. The fraction of sp³-hybridized carbons (Fsp3) is 0.438. The Labute approximate surface area is 823 Å². The molecular weight excluding hydrogens is 1860 g/mol. The van der Waals surface area contributed by atoms with Crippen LogP contribution in [0.2, 0.25) is 0 Å². The molecule has 16 amide bonds. The first-order valence-corrected chi connectivity index (χ1v) is 47.5. The van der Waals surface area contributed by atoms with Gasteiger partial charge in [-0.3, -0.25) is 92.3 Å². The van der Waals surface area contributed by atoms with Crippen molar-refractivity contribution in [2.24, 2.45) is 35.0 Å². The minimum absolute atomic E-state index is 0.0100. The van der Waals surface area contributed by atoms with E-state index < -0.39 is 246 Å². The number of nitrogens with two attached hydrogens (primary N) is 3. The number of benzene rings is 5. The minimum Gasteiger partial charge on any atom is -0.508 e. The molecule has 764 valence electrons. The van der Waals surface area contributed by atoms with Crippen molar-refractivity contribution in [3.05, 3.63) is 180 Å². The molecule has 29 N–H and O–H groups in total. The number of nitrogens with zero attached hydrogens (tertiary/aromatic N) is 2. The van der Waals surface area contributed by atoms with E-state index in [1.165, 1.54) is 64.6 Å². The average molecular weight is 1990 g/mol. The van der Waals surface area contributed by atoms with Gasteiger partial charge in [0.2, 0.25) is 94.5 Å². The van der Waals surface area contributed by atoms with Crippen molar-refractivity contribution in [3.63, 3.8) is 0 Å². The zero-order chi connectivity index (χ0) is 104. The number of carbonyl (C=O) groups excluding carboxylic acids is 16. The number of imidazole rings is 1. The number of hydrogen-bond donors (Lipinski definition) is 26. The lowest BCUT2D eigenvalue weighted by Gasteiger charge is -2.32. The number of carboxylic acids is 1. The van der Waals surface area contributed by atoms with Crippen molar-refractivity contribution in [1.82, 2.24) is 105 Å². The number of hydrogen-bond acceptors (Lipinski definition) is 23. The number of thioether (sulfide) groups is 1. The zero-order valence-corrected chi connectivity index (χ0v) is 80.9. The monoisotopic (exact) mass is 1980 g/mol. The van der Waals surface area contributed by atoms with Crippen LogP contribution in [0.5, 0.6) is 5.75 Å². The summed E-state index contributed by atoms with van der Waals surface area (Å²) >= 11 is 0.686. The predicted octanol–water partition coefficient (Wildman–Crippen LogP) is -2.37. The number of phenols is 1. The molecule has 7 aromatic rings. The van der Waals surface area contributed by atoms with Gasteiger partial charge in [0.25, 0.3) is 0 Å². The molecule has 46 heteroatoms. The van der Waals surface area contributed by atoms with E-state index in [9.17, 15) is 53.7 Å². The number of phenolic OH excluding ortho intramolecular Hbond substituents is 1. The van der Waals surface area contributed by atoms with Crippen molar-refractivity contribution in [3.8, 4) is 16.9 Å². The summed E-state index contributed by atoms with van der Waals surface area (Å²) in [6.07, 6.45) is 0.763. The molecular formula is C96H129N25O20S. The fourth-order valence-electron chi connectivity index (χ4n) is 15.4. The number of aliphatic carboxylic acids is 1. The molecule has 1 fully saturated rings. The van der Waals surface area contributed by atoms with Crippen LogP contribution in [0.15, 0.2) is 152 Å². The first-order valence-electron chi connectivity index (χ1n) is 46.4. The van der Waals surface area contributed by atoms with E-state index in [-0.39, 0.29) is 93.8 Å². The number of nitrogens with one attached hydrogen (secondary N) is 20. The maximum Gasteiger partial charge on any atom is 0.305 e. The van der Waals surface area contributed by atoms with Gasteiger partial charge in [0.05, 0.1) is 31.7 Å². The number of amides is 16. The third kappa shape index (κ3) is 35.7. The molecule has 5 aromatic carbocycles. The lowest BCUT2D eigenvalue weighted by atomic mass is 9.98. The third-order valence-electron chi connectivity index (χ3n) is 23.2. The maximum atomic E-state index is 15.6. The van der Waals surface area contributed by atoms with Gasteiger partial charge in [-0.1, -0.05) is 157 Å². The largest absolute Gasteiger partial charge is 0.508 e. The topological polar surface area (TPSA) is 717 Å². The number of aromatic amines is 2. The quantitative estimate of drug-likeness (QED) is 0.0132. The van der Waals surface area contributed by atoms with Crippen LogP contribution in [0.3, 0.4) is 0 Å². The summed E-state index contributed by atoms with van der Waals surface area (Å²) in [7, 11) is 1.26. The number of aromatic hydroxyl groups is 1. The maximum absolute atomic E-state index is 15.6. The molecule has 14 atom stereocenters. The molecule has 1 saturated heterocycles. The molecule has 3 heterocycles. The number of H-pyrrole nitrogens is 2. The number of carboxylic acid groups (broad SMARTS) is 1. The number of guanidine groups is 2. The van der Waals surface area contributed by atoms with Crippen LogP contribution < -0.4 is 102 Å². The Balaban J connectivity index is 1.22. The van der Waals surface area contributed by atoms with Crippen LogP contribution in [0, 0.1) is 28.6 Å². The van der Waals surface area contributed by atoms with E-state index in [4.69, 9.17) is 28.0 Å². The second kappa shape index (κ2) is 55.3. The summed E-state index contributed by atoms with van der Waals surface area (Å²) in [5.74, 6) is -22.4. The number of primary amides is 1. The van der Waals surface area contributed by atoms with E-state index in [0.717, 1.165) is 16.0 Å². The van der Waals surface area contributed by atoms with Gasteiger partial charge in [0.1, 0.15) is 90.3 Å². The van der Waals surface area contributed by atoms with Crippen LogP contribution in [0.4, 0.5) is 0 Å². The lowest BCUT2D eigenvalue weighted by Crippen LogP contribution is -2.62. The van der Waals surface area contributed by atoms with Crippen LogP contribution in [-0.4, -0.2) is 277 Å². The molecule has 0 aliphatic carbocycles. The molecule has 1 aliphatic heterocycles. The molecule has 142 heavy (non-hydrogen) atoms. The van der Waals surface area contributed by atoms with Gasteiger partial charge in [-0.2, -0.15) is 0 Å². The predicted molar refractivity (Wildman–Crippen MR) is 525 cm³/mol. The number of rotatable bonds is 29. The van der Waals surface area contributed by atoms with Gasteiger partial charge in [0, 0.05) is 87.0 Å². The Morgan fingerprint density at radius 1 is 0.479 bits per heavy atom. The second-order valence-corrected chi connectivity index (χ2v) is 36.6. The standard InChI is InChI=1S/C96H129N25O20S/c1-51(2)37-67-89(136)119-80(53(5)6)93(140)117-74(47-122)91(138)118-75(82(129)106-46-76(97)124)48-142-49-77(125)108-72(42-61-45-102-50-107-61)87(134)113-69(40-57-29-33-62(123)34-30-57)86(133)115-73(43-78(126)127)88(135)114-71(41-60-44-105-64-24-16-15-23-63(60)64)90(137)120-79(52(3)4)92(139)116-70(39-56-27-31-59(32-28-56)58-21-13-10-14-22-58)85(132)110-66(26-18-36-104-96(100)101)94(141)121(8)54(7)81(128)111-68(38-55-19-11-9-12-20-55)84(131)109-65(83(130)112-67)25-17-35-103-95(98)99/h9-16,19-24,27-34,44-45,50-54,65-75,79-80,105,122-123H,17-18,25-26,35-43,46-49H2,1-8H3,(H2,97,124)(H,102,107)(H,106,129)(H,108,125)(H,109,131)(H,110,132)(H,111,128)(H,112,130)(H,113,134)(H,114,135)(H,115,133)(H,116,139)(H,117,140)(H,118,138)(H,119,136)(H,120,137)(H,126,127)(H4,98,99,103)(H4,100,101,104)/t54-,65-,66-,67-,68+,69-,70-,71-,72-,73-,74-,75-,79-,80-/m0/s1. The highest BCUT2D eigenvalue weighted by Crippen LogP contribution is 2.24. The number of aliphatic hydroxyl groups excluding tert-OH is 1. The average Bonchev–Trinajstić information content (AvgIpc) is 1.73. The van der Waals surface area contributed by atoms with Gasteiger partial charge in [-0.05, 0) is 108 Å². The zero-order valence-electron chi connectivity index (χ0n) is 80.1. The molecule has 45 nitrogen and oxygen atoms in total. The van der Waals surface area contributed by atoms with E-state index in [1.807, 2.05) is 30.3 Å². The SMILES string of the molecule is CC(C)C[C@@H]1NC(=O)[C@H](CCCNC(=N)N)NC(=O)[C@@H](Cc2ccccc2)NC(=O)[C@H](C)N(C)C(=O)[C@H](CCCNC(=N)N)NC(=O)[C@H](Cc2ccc(-c3ccccc3)cc2)NC(=O)[C@H](C(C)C)NC(=O)[C@H](Cc2c[nH]c3ccccc23)NC(=O)[C@H](CC(=O)O)NC(=O)[C@H](Cc2ccc(O)cc2)NC(=O)[C@H](Cc2cnc[nH]2)NC(=O)CSC[C@@H](C(=O)NCC(N)=O)NC(=O)[C@H](CO)NC(=O)[C@H](C(C)C)NC1=O. The van der Waals surface area contributed by atoms with E-state index in [2.05, 4.69) is 100 Å². The van der Waals surface area contributed by atoms with Crippen molar-refractivity contribution >= 4 is 135 Å². The van der Waals surface area contributed by atoms with Crippen LogP contribution in [0.1, 0.15) is 115 Å². The number of carbonyl (C=O) groups is 17. The fourth-order valence-corrected chi connectivity index (χ4v) is 16.2. The first-order chi connectivity index (χ1) is 67.5. The summed E-state index contributed by atoms with van der Waals surface area (Å²) in [4.78, 5) is 260. The van der Waals surface area contributed by atoms with Crippen molar-refractivity contribution in [2.75, 3.05) is 44.8 Å². The highest BCUT2D eigenvalue weighted by atomic mass is 32.2. The molecule has 0 bridgehead atoms. The van der Waals surface area contributed by atoms with Gasteiger partial charge in [0.15, 0.2) is 11.9 Å². The van der Waals surface area contributed by atoms with Crippen molar-refractivity contribution in [1.29, 1.82) is 10.8 Å². The molecule has 0 saturated carbocycles. The van der Waals surface area contributed by atoms with Gasteiger partial charge in [-0.25, -0.2) is 4.98 Å². The highest BCUT2D eigenvalue weighted by molar-refractivity contribution is 8.00. The normalized spacial score (nSPS) is 22.4. The number of aromatic nitrogens is 3. The minimum atomic E-state index is -2.09. The highest BCUT2D eigenvalue weighted by Gasteiger charge is 2.41. The summed E-state index contributed by atoms with van der Waals surface area (Å²) in [5, 5.41) is 89.6. The number of likely N-dealkylation sites (N-methyl/N-ethyl adjacent to an activating group) is 1. The second-order valence-electron chi connectivity index (χ2n) is 35.6. The Morgan fingerprint density at radius 2 is 0.915 bits per heavy atom. The number of aliphatic hydroxyl groups is 1. The third-order valence-corrected chi connectivity index (χ3v) is 24.2. The molecule has 0 radical (unpaired) electrons. The van der Waals surface area contributed by atoms with Crippen molar-refractivity contribution in [2.45, 2.75) is 204 Å². The molecule has 1 aliphatic rings. The van der Waals surface area contributed by atoms with E-state index in [0.29, 0.717) is 39.4 Å². The summed E-state index contributed by atoms with van der Waals surface area (Å²) < 4.78 is 0. The van der Waals surface area contributed by atoms with Gasteiger partial charge in [-0.15, -0.1) is 11.8 Å². The van der Waals surface area contributed by atoms with Gasteiger partial charge >= 0.3 is 5.97 Å². The molecule has 8 rings (SSSR count).